The van der Waals surface area contributed by atoms with Gasteiger partial charge in [-0.3, -0.25) is 14.5 Å². The number of urea groups is 1. The van der Waals surface area contributed by atoms with E-state index in [9.17, 15) is 22.8 Å². The maximum Gasteiger partial charge on any atom is 0.325 e. The first-order chi connectivity index (χ1) is 16.0. The number of Topliss-reactive ketones (excluding diaryl/α,β-unsaturated/α-hetero) is 1. The Labute approximate surface area is 196 Å². The molecule has 3 amide bonds. The van der Waals surface area contributed by atoms with Crippen LogP contribution in [0, 0.1) is 13.8 Å². The lowest BCUT2D eigenvalue weighted by Crippen LogP contribution is -2.41. The highest BCUT2D eigenvalue weighted by atomic mass is 32.2. The molecule has 5 rings (SSSR count). The first-order valence-electron chi connectivity index (χ1n) is 11.1. The molecule has 2 aliphatic rings. The van der Waals surface area contributed by atoms with Crippen molar-refractivity contribution in [1.29, 1.82) is 0 Å². The second kappa shape index (κ2) is 7.56. The van der Waals surface area contributed by atoms with Crippen LogP contribution in [0.15, 0.2) is 40.8 Å². The number of furan rings is 1. The van der Waals surface area contributed by atoms with Gasteiger partial charge in [-0.25, -0.2) is 13.2 Å². The number of nitrogens with one attached hydrogen (secondary N) is 1. The van der Waals surface area contributed by atoms with Crippen molar-refractivity contribution in [2.24, 2.45) is 0 Å². The van der Waals surface area contributed by atoms with Gasteiger partial charge < -0.3 is 14.3 Å². The molecule has 1 aromatic carbocycles. The number of ketones is 1. The van der Waals surface area contributed by atoms with Crippen LogP contribution in [0.1, 0.15) is 46.9 Å². The molecule has 0 aliphatic carbocycles. The lowest BCUT2D eigenvalue weighted by atomic mass is 9.98. The maximum absolute atomic E-state index is 13.3. The Kier molecular flexibility index (Phi) is 4.98. The number of nitrogens with zero attached hydrogens (tertiary/aromatic N) is 2. The third kappa shape index (κ3) is 3.44. The Hall–Kier alpha value is -3.40. The third-order valence-electron chi connectivity index (χ3n) is 6.85. The molecule has 0 unspecified atom stereocenters. The van der Waals surface area contributed by atoms with Crippen LogP contribution in [0.4, 0.5) is 4.79 Å². The molecule has 0 spiro atoms. The van der Waals surface area contributed by atoms with E-state index in [1.807, 2.05) is 29.7 Å². The first-order valence-corrected chi connectivity index (χ1v) is 12.9. The number of hydrogen-bond donors (Lipinski definition) is 1. The highest BCUT2D eigenvalue weighted by Crippen LogP contribution is 2.34. The van der Waals surface area contributed by atoms with Gasteiger partial charge in [0.25, 0.3) is 5.91 Å². The topological polar surface area (TPSA) is 119 Å². The highest BCUT2D eigenvalue weighted by molar-refractivity contribution is 7.91. The predicted octanol–water partition coefficient (Wildman–Crippen LogP) is 2.86. The highest BCUT2D eigenvalue weighted by Gasteiger charge is 2.51. The Morgan fingerprint density at radius 2 is 1.94 bits per heavy atom. The van der Waals surface area contributed by atoms with E-state index in [0.29, 0.717) is 29.0 Å². The molecule has 2 saturated heterocycles. The fourth-order valence-electron chi connectivity index (χ4n) is 5.06. The Morgan fingerprint density at radius 1 is 1.21 bits per heavy atom. The smallest absolute Gasteiger partial charge is 0.325 e. The van der Waals surface area contributed by atoms with Crippen molar-refractivity contribution in [3.8, 4) is 0 Å². The average Bonchev–Trinajstić information content (AvgIpc) is 3.49. The molecule has 9 nitrogen and oxygen atoms in total. The van der Waals surface area contributed by atoms with Crippen LogP contribution in [-0.2, 0) is 20.2 Å². The summed E-state index contributed by atoms with van der Waals surface area (Å²) in [6.45, 7) is 4.71. The zero-order chi connectivity index (χ0) is 24.4. The molecule has 1 N–H and O–H groups in total. The molecular weight excluding hydrogens is 458 g/mol. The van der Waals surface area contributed by atoms with E-state index in [4.69, 9.17) is 4.42 Å². The number of carbonyl (C=O) groups is 3. The lowest BCUT2D eigenvalue weighted by molar-refractivity contribution is -0.131. The van der Waals surface area contributed by atoms with E-state index in [-0.39, 0.29) is 17.5 Å². The second-order valence-corrected chi connectivity index (χ2v) is 11.5. The van der Waals surface area contributed by atoms with Crippen molar-refractivity contribution >= 4 is 38.5 Å². The minimum Gasteiger partial charge on any atom is -0.458 e. The van der Waals surface area contributed by atoms with Gasteiger partial charge in [0.15, 0.2) is 21.2 Å². The van der Waals surface area contributed by atoms with E-state index in [2.05, 4.69) is 5.32 Å². The Balaban J connectivity index is 1.40. The molecule has 34 heavy (non-hydrogen) atoms. The van der Waals surface area contributed by atoms with Crippen molar-refractivity contribution in [1.82, 2.24) is 14.8 Å². The van der Waals surface area contributed by atoms with Crippen molar-refractivity contribution in [2.45, 2.75) is 38.8 Å². The number of aryl methyl sites for hydroxylation is 1. The van der Waals surface area contributed by atoms with Crippen LogP contribution in [0.25, 0.3) is 11.0 Å². The van der Waals surface area contributed by atoms with Crippen molar-refractivity contribution in [2.75, 3.05) is 18.1 Å². The summed E-state index contributed by atoms with van der Waals surface area (Å²) in [4.78, 5) is 40.1. The monoisotopic (exact) mass is 483 g/mol. The number of imide groups is 1. The number of amides is 3. The normalized spacial score (nSPS) is 24.2. The summed E-state index contributed by atoms with van der Waals surface area (Å²) in [5.74, 6) is -0.499. The largest absolute Gasteiger partial charge is 0.458 e. The van der Waals surface area contributed by atoms with Gasteiger partial charge in [-0.2, -0.15) is 0 Å². The van der Waals surface area contributed by atoms with E-state index in [1.165, 1.54) is 0 Å². The third-order valence-corrected chi connectivity index (χ3v) is 8.60. The molecule has 0 radical (unpaired) electrons. The summed E-state index contributed by atoms with van der Waals surface area (Å²) in [6, 6.07) is 9.80. The van der Waals surface area contributed by atoms with Gasteiger partial charge in [0.05, 0.1) is 18.1 Å². The van der Waals surface area contributed by atoms with Crippen LogP contribution >= 0.6 is 0 Å². The van der Waals surface area contributed by atoms with Gasteiger partial charge in [0.1, 0.15) is 11.3 Å². The van der Waals surface area contributed by atoms with E-state index in [0.717, 1.165) is 16.0 Å². The maximum atomic E-state index is 13.3. The molecule has 0 saturated carbocycles. The Bertz CT molecular complexity index is 1430. The Morgan fingerprint density at radius 3 is 2.62 bits per heavy atom. The predicted molar refractivity (Wildman–Crippen MR) is 124 cm³/mol. The average molecular weight is 484 g/mol. The van der Waals surface area contributed by atoms with Gasteiger partial charge >= 0.3 is 6.03 Å². The van der Waals surface area contributed by atoms with Gasteiger partial charge in [-0.05, 0) is 45.4 Å². The van der Waals surface area contributed by atoms with Crippen molar-refractivity contribution in [3.63, 3.8) is 0 Å². The summed E-state index contributed by atoms with van der Waals surface area (Å²) in [5, 5.41) is 3.47. The minimum absolute atomic E-state index is 0.0415. The number of carbonyl (C=O) groups excluding carboxylic acids is 3. The van der Waals surface area contributed by atoms with Crippen LogP contribution in [0.3, 0.4) is 0 Å². The minimum atomic E-state index is -3.09. The fraction of sp³-hybridized carbons (Fsp3) is 0.375. The van der Waals surface area contributed by atoms with Gasteiger partial charge in [0.2, 0.25) is 0 Å². The molecule has 2 fully saturated rings. The van der Waals surface area contributed by atoms with E-state index < -0.39 is 39.6 Å². The number of hydrogen-bond acceptors (Lipinski definition) is 6. The number of sulfone groups is 1. The van der Waals surface area contributed by atoms with E-state index >= 15 is 0 Å². The zero-order valence-corrected chi connectivity index (χ0v) is 19.9. The van der Waals surface area contributed by atoms with Crippen molar-refractivity contribution < 1.29 is 27.2 Å². The summed E-state index contributed by atoms with van der Waals surface area (Å²) >= 11 is 0. The fourth-order valence-corrected chi connectivity index (χ4v) is 6.76. The van der Waals surface area contributed by atoms with Crippen LogP contribution in [0.5, 0.6) is 0 Å². The molecule has 4 heterocycles. The van der Waals surface area contributed by atoms with E-state index in [1.54, 1.807) is 32.0 Å². The standard InChI is InChI=1S/C24H25N3O6S/c1-14-10-18(15(2)27(14)17-8-9-34(31,32)13-17)19(28)12-26-22(29)24(3,25-23(26)30)21-11-16-6-4-5-7-20(16)33-21/h4-7,10-11,17H,8-9,12-13H2,1-3H3,(H,25,30)/t17-,24-/m0/s1. The number of benzene rings is 1. The van der Waals surface area contributed by atoms with Gasteiger partial charge in [-0.15, -0.1) is 0 Å². The molecule has 2 aliphatic heterocycles. The number of rotatable bonds is 5. The summed E-state index contributed by atoms with van der Waals surface area (Å²) in [5.41, 5.74) is 0.950. The molecule has 3 aromatic rings. The second-order valence-electron chi connectivity index (χ2n) is 9.23. The number of fused-ring (bicyclic) bond motifs is 1. The molecule has 10 heteroatoms. The first kappa shape index (κ1) is 22.4. The summed E-state index contributed by atoms with van der Waals surface area (Å²) in [7, 11) is -3.09. The van der Waals surface area contributed by atoms with Crippen LogP contribution in [-0.4, -0.2) is 53.7 Å². The van der Waals surface area contributed by atoms with Crippen molar-refractivity contribution in [3.05, 3.63) is 59.1 Å². The lowest BCUT2D eigenvalue weighted by Gasteiger charge is -2.19. The number of para-hydroxylation sites is 1. The molecule has 178 valence electrons. The quantitative estimate of drug-likeness (QED) is 0.440. The van der Waals surface area contributed by atoms with Gasteiger partial charge in [-0.1, -0.05) is 18.2 Å². The van der Waals surface area contributed by atoms with Crippen LogP contribution in [0.2, 0.25) is 0 Å². The van der Waals surface area contributed by atoms with Crippen LogP contribution < -0.4 is 5.32 Å². The molecule has 0 bridgehead atoms. The molecule has 2 atom stereocenters. The molecule has 2 aromatic heterocycles. The van der Waals surface area contributed by atoms with Gasteiger partial charge in [0, 0.05) is 28.4 Å². The SMILES string of the molecule is Cc1cc(C(=O)CN2C(=O)N[C@@](C)(c3cc4ccccc4o3)C2=O)c(C)n1[C@H]1CCS(=O)(=O)C1. The molecular formula is C24H25N3O6S. The summed E-state index contributed by atoms with van der Waals surface area (Å²) in [6.07, 6.45) is 0.495. The number of aromatic nitrogens is 1. The zero-order valence-electron chi connectivity index (χ0n) is 19.1. The summed E-state index contributed by atoms with van der Waals surface area (Å²) < 4.78 is 31.6.